The van der Waals surface area contributed by atoms with Crippen molar-refractivity contribution >= 4 is 11.5 Å². The topological polar surface area (TPSA) is 124 Å². The van der Waals surface area contributed by atoms with Crippen molar-refractivity contribution in [1.82, 2.24) is 15.2 Å². The first-order valence-electron chi connectivity index (χ1n) is 8.48. The Hall–Kier alpha value is -2.90. The van der Waals surface area contributed by atoms with Gasteiger partial charge in [0.25, 0.3) is 11.8 Å². The van der Waals surface area contributed by atoms with Crippen molar-refractivity contribution in [3.8, 4) is 17.5 Å². The normalized spacial score (nSPS) is 21.1. The first kappa shape index (κ1) is 21.8. The van der Waals surface area contributed by atoms with Gasteiger partial charge in [0.05, 0.1) is 18.7 Å². The van der Waals surface area contributed by atoms with E-state index in [-0.39, 0.29) is 25.9 Å². The van der Waals surface area contributed by atoms with Crippen molar-refractivity contribution in [2.75, 3.05) is 12.3 Å². The average molecular weight is 440 g/mol. The van der Waals surface area contributed by atoms with E-state index in [0.29, 0.717) is 6.07 Å². The summed E-state index contributed by atoms with van der Waals surface area (Å²) in [6.07, 6.45) is -11.9. The van der Waals surface area contributed by atoms with E-state index in [1.54, 1.807) is 0 Å². The third kappa shape index (κ3) is 4.04. The number of rotatable bonds is 0. The highest BCUT2D eigenvalue weighted by molar-refractivity contribution is 5.79. The van der Waals surface area contributed by atoms with Gasteiger partial charge in [0.1, 0.15) is 11.3 Å². The first-order chi connectivity index (χ1) is 13.8. The number of fused-ring (bicyclic) bond motifs is 5. The summed E-state index contributed by atoms with van der Waals surface area (Å²) in [5.41, 5.74) is -0.713. The monoisotopic (exact) mass is 440 g/mol. The van der Waals surface area contributed by atoms with Crippen LogP contribution in [0.5, 0.6) is 5.88 Å². The maximum Gasteiger partial charge on any atom is 0.426 e. The van der Waals surface area contributed by atoms with E-state index in [4.69, 9.17) is 14.9 Å². The molecule has 8 nitrogen and oxygen atoms in total. The Kier molecular flexibility index (Phi) is 5.39. The summed E-state index contributed by atoms with van der Waals surface area (Å²) >= 11 is 0. The van der Waals surface area contributed by atoms with Gasteiger partial charge in [0, 0.05) is 6.42 Å². The molecule has 3 heterocycles. The molecule has 164 valence electrons. The number of aliphatic hydroxyl groups is 1. The minimum Gasteiger partial charge on any atom is -0.477 e. The minimum absolute atomic E-state index is 0.00499. The predicted octanol–water partition coefficient (Wildman–Crippen LogP) is 3.00. The van der Waals surface area contributed by atoms with Gasteiger partial charge in [-0.3, -0.25) is 4.79 Å². The van der Waals surface area contributed by atoms with Crippen LogP contribution < -0.4 is 10.5 Å². The Bertz CT molecular complexity index is 958. The number of anilines is 1. The number of hydrogen-bond acceptors (Lipinski definition) is 8. The second kappa shape index (κ2) is 7.41. The van der Waals surface area contributed by atoms with Gasteiger partial charge in [0.15, 0.2) is 5.69 Å². The highest BCUT2D eigenvalue weighted by Gasteiger charge is 2.60. The number of Topliss-reactive ketones (excluding diaryl/α,β-unsaturated/α-hetero) is 1. The van der Waals surface area contributed by atoms with Gasteiger partial charge in [-0.15, -0.1) is 10.2 Å². The van der Waals surface area contributed by atoms with Crippen molar-refractivity contribution in [1.29, 1.82) is 0 Å². The molecule has 0 saturated carbocycles. The Morgan fingerprint density at radius 2 is 1.83 bits per heavy atom. The number of carbonyl (C=O) groups excluding carboxylic acids is 1. The lowest BCUT2D eigenvalue weighted by Gasteiger charge is -2.26. The fourth-order valence-electron chi connectivity index (χ4n) is 2.75. The highest BCUT2D eigenvalue weighted by atomic mass is 19.4. The summed E-state index contributed by atoms with van der Waals surface area (Å²) in [6, 6.07) is 0.479. The number of pyridine rings is 1. The van der Waals surface area contributed by atoms with Gasteiger partial charge in [-0.1, -0.05) is 0 Å². The van der Waals surface area contributed by atoms with Gasteiger partial charge < -0.3 is 20.0 Å². The number of hydrogen-bond donors (Lipinski definition) is 2. The second-order valence-corrected chi connectivity index (χ2v) is 6.57. The Morgan fingerprint density at radius 1 is 1.13 bits per heavy atom. The van der Waals surface area contributed by atoms with Crippen LogP contribution in [0.2, 0.25) is 0 Å². The molecule has 1 atom stereocenters. The second-order valence-electron chi connectivity index (χ2n) is 6.57. The van der Waals surface area contributed by atoms with E-state index >= 15 is 0 Å². The molecule has 0 spiro atoms. The molecule has 0 saturated heterocycles. The fourth-order valence-corrected chi connectivity index (χ4v) is 2.75. The van der Waals surface area contributed by atoms with Crippen LogP contribution in [0.4, 0.5) is 32.0 Å². The van der Waals surface area contributed by atoms with Gasteiger partial charge >= 0.3 is 12.4 Å². The van der Waals surface area contributed by atoms with Crippen LogP contribution in [-0.4, -0.2) is 38.9 Å². The molecule has 30 heavy (non-hydrogen) atoms. The molecule has 1 unspecified atom stereocenters. The molecule has 0 aromatic carbocycles. The van der Waals surface area contributed by atoms with Crippen LogP contribution in [0.15, 0.2) is 10.5 Å². The number of nitrogen functional groups attached to an aromatic ring is 1. The maximum absolute atomic E-state index is 13.5. The zero-order valence-electron chi connectivity index (χ0n) is 15.0. The highest BCUT2D eigenvalue weighted by Crippen LogP contribution is 2.43. The zero-order chi connectivity index (χ0) is 22.3. The largest absolute Gasteiger partial charge is 0.477 e. The average Bonchev–Trinajstić information content (AvgIpc) is 3.10. The lowest BCUT2D eigenvalue weighted by Crippen LogP contribution is -2.44. The molecule has 2 aromatic heterocycles. The molecule has 2 aromatic rings. The van der Waals surface area contributed by atoms with E-state index in [9.17, 15) is 36.2 Å². The summed E-state index contributed by atoms with van der Waals surface area (Å²) < 4.78 is 90.2. The molecule has 3 N–H and O–H groups in total. The summed E-state index contributed by atoms with van der Waals surface area (Å²) in [7, 11) is 0. The van der Waals surface area contributed by atoms with Crippen molar-refractivity contribution in [2.45, 2.75) is 43.6 Å². The van der Waals surface area contributed by atoms with Crippen LogP contribution >= 0.6 is 0 Å². The lowest BCUT2D eigenvalue weighted by atomic mass is 9.94. The van der Waals surface area contributed by atoms with Crippen molar-refractivity contribution in [2.24, 2.45) is 0 Å². The molecule has 1 aliphatic rings. The molecule has 0 amide bonds. The van der Waals surface area contributed by atoms with Crippen molar-refractivity contribution < 1.29 is 45.4 Å². The van der Waals surface area contributed by atoms with E-state index in [2.05, 4.69) is 15.2 Å². The molecule has 3 rings (SSSR count). The smallest absolute Gasteiger partial charge is 0.426 e. The van der Waals surface area contributed by atoms with Crippen molar-refractivity contribution in [3.05, 3.63) is 17.5 Å². The first-order valence-corrected chi connectivity index (χ1v) is 8.48. The lowest BCUT2D eigenvalue weighted by molar-refractivity contribution is -0.274. The maximum atomic E-state index is 13.5. The van der Waals surface area contributed by atoms with Crippen LogP contribution in [0.3, 0.4) is 0 Å². The van der Waals surface area contributed by atoms with Crippen LogP contribution in [0, 0.1) is 0 Å². The molecular formula is C16H14F6N4O4. The van der Waals surface area contributed by atoms with Crippen LogP contribution in [0.1, 0.15) is 37.1 Å². The minimum atomic E-state index is -5.35. The Balaban J connectivity index is 2.17. The fraction of sp³-hybridized carbons (Fsp3) is 0.500. The molecule has 0 aliphatic carbocycles. The van der Waals surface area contributed by atoms with Crippen molar-refractivity contribution in [3.63, 3.8) is 0 Å². The summed E-state index contributed by atoms with van der Waals surface area (Å²) in [4.78, 5) is 15.6. The quantitative estimate of drug-likeness (QED) is 0.599. The number of ether oxygens (including phenoxy) is 1. The third-order valence-corrected chi connectivity index (χ3v) is 4.31. The Morgan fingerprint density at radius 3 is 2.47 bits per heavy atom. The third-order valence-electron chi connectivity index (χ3n) is 4.31. The number of nitrogens with zero attached hydrogens (tertiary/aromatic N) is 3. The number of aromatic nitrogens is 3. The standard InChI is InChI=1S/C16H14F6N4O4/c17-15(18,19)8-5-9(23)10-12-25-26-13(30-12)14(28,16(20,21)22)6-7(27)3-1-2-4-29-11(8)24-10/h5,28H,1-4,6,23H2. The number of alkyl halides is 6. The SMILES string of the molecule is Nc1cc(C(F)(F)F)c2nc1-c1nnc(o1)C(O)(C(F)(F)F)CC(=O)CCCCO2. The van der Waals surface area contributed by atoms with E-state index in [1.165, 1.54) is 0 Å². The van der Waals surface area contributed by atoms with Gasteiger partial charge in [-0.2, -0.15) is 26.3 Å². The molecule has 0 radical (unpaired) electrons. The number of ketones is 1. The molecule has 14 heteroatoms. The predicted molar refractivity (Wildman–Crippen MR) is 85.9 cm³/mol. The molecule has 1 aliphatic heterocycles. The van der Waals surface area contributed by atoms with E-state index in [0.717, 1.165) is 0 Å². The van der Waals surface area contributed by atoms with Crippen LogP contribution in [-0.2, 0) is 16.6 Å². The molecule has 4 bridgehead atoms. The molecular weight excluding hydrogens is 426 g/mol. The van der Waals surface area contributed by atoms with Gasteiger partial charge in [0.2, 0.25) is 11.5 Å². The van der Waals surface area contributed by atoms with E-state index in [1.807, 2.05) is 0 Å². The number of nitrogens with two attached hydrogens (primary N) is 1. The zero-order valence-corrected chi connectivity index (χ0v) is 15.0. The number of halogens is 6. The van der Waals surface area contributed by atoms with Gasteiger partial charge in [-0.05, 0) is 18.9 Å². The van der Waals surface area contributed by atoms with E-state index < -0.39 is 64.8 Å². The Labute approximate surface area is 164 Å². The summed E-state index contributed by atoms with van der Waals surface area (Å²) in [5.74, 6) is -3.99. The molecule has 0 fully saturated rings. The van der Waals surface area contributed by atoms with Crippen LogP contribution in [0.25, 0.3) is 11.6 Å². The summed E-state index contributed by atoms with van der Waals surface area (Å²) in [5, 5.41) is 16.6. The van der Waals surface area contributed by atoms with Gasteiger partial charge in [-0.25, -0.2) is 4.98 Å². The number of carbonyl (C=O) groups is 1. The summed E-state index contributed by atoms with van der Waals surface area (Å²) in [6.45, 7) is -0.300.